The number of rotatable bonds is 30. The maximum atomic E-state index is 10.3. The third-order valence-corrected chi connectivity index (χ3v) is 8.01. The van der Waals surface area contributed by atoms with E-state index < -0.39 is 11.9 Å². The van der Waals surface area contributed by atoms with Crippen molar-refractivity contribution in [1.29, 1.82) is 0 Å². The van der Waals surface area contributed by atoms with Gasteiger partial charge in [-0.05, 0) is 25.2 Å². The summed E-state index contributed by atoms with van der Waals surface area (Å²) in [6, 6.07) is 0. The first kappa shape index (κ1) is 55.1. The zero-order chi connectivity index (χ0) is 32.8. The molecule has 268 valence electrons. The second kappa shape index (κ2) is 49.1. The van der Waals surface area contributed by atoms with E-state index >= 15 is 0 Å². The molecule has 0 amide bonds. The molecular weight excluding hydrogens is 705 g/mol. The van der Waals surface area contributed by atoms with Gasteiger partial charge in [-0.25, -0.2) is 0 Å². The second-order valence-electron chi connectivity index (χ2n) is 13.4. The molecule has 0 fully saturated rings. The molecular formula is C38H76Br2MgO4. The number of unbranched alkanes of at least 4 members (excludes halogenated alkanes) is 23. The van der Waals surface area contributed by atoms with Crippen LogP contribution in [0.1, 0.15) is 207 Å². The van der Waals surface area contributed by atoms with Crippen LogP contribution >= 0.6 is 15.9 Å². The fourth-order valence-corrected chi connectivity index (χ4v) is 5.31. The van der Waals surface area contributed by atoms with Gasteiger partial charge in [0, 0.05) is 18.2 Å². The average Bonchev–Trinajstić information content (AvgIpc) is 2.93. The molecule has 0 aromatic heterocycles. The van der Waals surface area contributed by atoms with Gasteiger partial charge in [0.25, 0.3) is 0 Å². The molecule has 0 saturated carbocycles. The summed E-state index contributed by atoms with van der Waals surface area (Å²) in [5.41, 5.74) is 0. The van der Waals surface area contributed by atoms with Crippen molar-refractivity contribution in [1.82, 2.24) is 0 Å². The zero-order valence-electron chi connectivity index (χ0n) is 30.5. The first-order valence-corrected chi connectivity index (χ1v) is 19.6. The Labute approximate surface area is 317 Å². The maximum absolute atomic E-state index is 10.3. The van der Waals surface area contributed by atoms with Gasteiger partial charge in [0.15, 0.2) is 0 Å². The number of carboxylic acids is 2. The minimum absolute atomic E-state index is 0. The SMILES string of the molecule is CC(C)CCCCCCCCCCCCCCCC(=O)O.O=C(O)CCCCCCCCCCCCCCBr.[Br-].[CH2-]C(C)C.[Mg+2]. The smallest absolute Gasteiger partial charge is 1.00 e. The van der Waals surface area contributed by atoms with Gasteiger partial charge in [0.1, 0.15) is 0 Å². The Kier molecular flexibility index (Phi) is 60.1. The van der Waals surface area contributed by atoms with E-state index in [4.69, 9.17) is 10.2 Å². The van der Waals surface area contributed by atoms with Crippen molar-refractivity contribution in [3.05, 3.63) is 6.92 Å². The minimum atomic E-state index is -0.657. The summed E-state index contributed by atoms with van der Waals surface area (Å²) in [5, 5.41) is 18.2. The van der Waals surface area contributed by atoms with Crippen LogP contribution in [0.25, 0.3) is 0 Å². The van der Waals surface area contributed by atoms with Crippen molar-refractivity contribution in [2.75, 3.05) is 5.33 Å². The molecule has 0 aromatic rings. The standard InChI is InChI=1S/C19H38O2.C15H29BrO2.C4H9.BrH.Mg/c1-18(2)16-14-12-10-8-6-4-3-5-7-9-11-13-15-17-19(20)21;16-14-12-10-8-6-4-2-1-3-5-7-9-11-13-15(17)18;1-4(2)3;;/h18H,3-17H2,1-2H3,(H,20,21);1-14H2,(H,17,18);4H,1H2,2-3H3;1H;/q;;-1;;+2/p-1. The van der Waals surface area contributed by atoms with Gasteiger partial charge in [0.2, 0.25) is 0 Å². The van der Waals surface area contributed by atoms with Gasteiger partial charge in [0.05, 0.1) is 0 Å². The van der Waals surface area contributed by atoms with Gasteiger partial charge in [-0.2, -0.15) is 5.92 Å². The Morgan fingerprint density at radius 2 is 0.689 bits per heavy atom. The quantitative estimate of drug-likeness (QED) is 0.0330. The third kappa shape index (κ3) is 71.7. The molecule has 0 aliphatic heterocycles. The molecule has 0 heterocycles. The van der Waals surface area contributed by atoms with Gasteiger partial charge in [-0.3, -0.25) is 9.59 Å². The Bertz CT molecular complexity index is 545. The van der Waals surface area contributed by atoms with Crippen molar-refractivity contribution in [2.45, 2.75) is 207 Å². The average molecular weight is 781 g/mol. The predicted octanol–water partition coefficient (Wildman–Crippen LogP) is 10.2. The first-order valence-electron chi connectivity index (χ1n) is 18.5. The van der Waals surface area contributed by atoms with Crippen LogP contribution in [0.4, 0.5) is 0 Å². The van der Waals surface area contributed by atoms with Crippen molar-refractivity contribution < 1.29 is 36.8 Å². The van der Waals surface area contributed by atoms with Gasteiger partial charge >= 0.3 is 35.0 Å². The van der Waals surface area contributed by atoms with E-state index in [2.05, 4.69) is 50.5 Å². The van der Waals surface area contributed by atoms with Gasteiger partial charge in [-0.1, -0.05) is 191 Å². The summed E-state index contributed by atoms with van der Waals surface area (Å²) in [6.45, 7) is 12.4. The van der Waals surface area contributed by atoms with Crippen molar-refractivity contribution >= 4 is 50.9 Å². The molecule has 0 rings (SSSR count). The number of carbonyl (C=O) groups is 2. The van der Waals surface area contributed by atoms with E-state index in [9.17, 15) is 9.59 Å². The van der Waals surface area contributed by atoms with Gasteiger partial charge < -0.3 is 34.1 Å². The molecule has 0 aliphatic carbocycles. The molecule has 45 heavy (non-hydrogen) atoms. The Hall–Kier alpha value is 0.666. The molecule has 0 radical (unpaired) electrons. The van der Waals surface area contributed by atoms with Crippen LogP contribution in [-0.4, -0.2) is 50.5 Å². The van der Waals surface area contributed by atoms with Crippen LogP contribution in [0.2, 0.25) is 0 Å². The normalized spacial score (nSPS) is 10.3. The summed E-state index contributed by atoms with van der Waals surface area (Å²) >= 11 is 3.45. The first-order chi connectivity index (χ1) is 20.6. The van der Waals surface area contributed by atoms with Crippen molar-refractivity contribution in [3.63, 3.8) is 0 Å². The Morgan fingerprint density at radius 3 is 0.889 bits per heavy atom. The summed E-state index contributed by atoms with van der Waals surface area (Å²) in [7, 11) is 0. The van der Waals surface area contributed by atoms with Crippen LogP contribution in [-0.2, 0) is 9.59 Å². The molecule has 0 bridgehead atoms. The van der Waals surface area contributed by atoms with Crippen LogP contribution in [0.15, 0.2) is 0 Å². The zero-order valence-corrected chi connectivity index (χ0v) is 35.1. The Balaban J connectivity index is -0.000000205. The van der Waals surface area contributed by atoms with E-state index in [1.165, 1.54) is 141 Å². The van der Waals surface area contributed by atoms with E-state index in [1.807, 2.05) is 0 Å². The van der Waals surface area contributed by atoms with Crippen LogP contribution in [0.5, 0.6) is 0 Å². The van der Waals surface area contributed by atoms with Gasteiger partial charge in [-0.15, -0.1) is 0 Å². The van der Waals surface area contributed by atoms with E-state index in [1.54, 1.807) is 0 Å². The summed E-state index contributed by atoms with van der Waals surface area (Å²) < 4.78 is 0. The monoisotopic (exact) mass is 778 g/mol. The Morgan fingerprint density at radius 1 is 0.489 bits per heavy atom. The number of hydrogen-bond acceptors (Lipinski definition) is 2. The van der Waals surface area contributed by atoms with Crippen LogP contribution in [0.3, 0.4) is 0 Å². The van der Waals surface area contributed by atoms with Crippen molar-refractivity contribution in [3.8, 4) is 0 Å². The largest absolute Gasteiger partial charge is 2.00 e. The molecule has 0 atom stereocenters. The van der Waals surface area contributed by atoms with E-state index in [-0.39, 0.29) is 40.0 Å². The fourth-order valence-electron chi connectivity index (χ4n) is 4.91. The molecule has 0 spiro atoms. The van der Waals surface area contributed by atoms with E-state index in [0.29, 0.717) is 18.8 Å². The summed E-state index contributed by atoms with van der Waals surface area (Å²) in [5.74, 6) is 0.142. The molecule has 2 N–H and O–H groups in total. The number of hydrogen-bond donors (Lipinski definition) is 2. The maximum Gasteiger partial charge on any atom is 2.00 e. The van der Waals surface area contributed by atoms with Crippen LogP contribution < -0.4 is 17.0 Å². The fraction of sp³-hybridized carbons (Fsp3) is 0.921. The number of alkyl halides is 1. The van der Waals surface area contributed by atoms with E-state index in [0.717, 1.165) is 36.9 Å². The number of carboxylic acid groups (broad SMARTS) is 2. The summed E-state index contributed by atoms with van der Waals surface area (Å²) in [4.78, 5) is 20.6. The van der Waals surface area contributed by atoms with Crippen molar-refractivity contribution in [2.24, 2.45) is 11.8 Å². The summed E-state index contributed by atoms with van der Waals surface area (Å²) in [6.07, 6.45) is 34.5. The number of halogens is 2. The molecule has 0 aliphatic rings. The molecule has 0 saturated heterocycles. The third-order valence-electron chi connectivity index (χ3n) is 7.45. The topological polar surface area (TPSA) is 74.6 Å². The molecule has 4 nitrogen and oxygen atoms in total. The minimum Gasteiger partial charge on any atom is -1.00 e. The molecule has 0 aromatic carbocycles. The van der Waals surface area contributed by atoms with Crippen LogP contribution in [0, 0.1) is 18.8 Å². The predicted molar refractivity (Wildman–Crippen MR) is 199 cm³/mol. The molecule has 7 heteroatoms. The molecule has 0 unspecified atom stereocenters. The number of aliphatic carboxylic acids is 2. The second-order valence-corrected chi connectivity index (χ2v) is 14.2.